The van der Waals surface area contributed by atoms with Gasteiger partial charge in [-0.05, 0) is 13.3 Å². The fourth-order valence-electron chi connectivity index (χ4n) is 0.725. The van der Waals surface area contributed by atoms with Crippen molar-refractivity contribution in [3.8, 4) is 0 Å². The third-order valence-electron chi connectivity index (χ3n) is 1.56. The lowest BCUT2D eigenvalue weighted by atomic mass is 10.3. The van der Waals surface area contributed by atoms with Gasteiger partial charge in [0.25, 0.3) is 0 Å². The smallest absolute Gasteiger partial charge is 0.328 e. The summed E-state index contributed by atoms with van der Waals surface area (Å²) in [6, 6.07) is -0.593. The quantitative estimate of drug-likeness (QED) is 0.595. The number of methoxy groups -OCH3 is 1. The molecule has 0 heterocycles. The Morgan fingerprint density at radius 3 is 2.46 bits per heavy atom. The number of esters is 1. The number of amides is 1. The number of carbonyl (C=O) groups excluding carboxylic acids is 2. The van der Waals surface area contributed by atoms with Crippen LogP contribution in [0.3, 0.4) is 0 Å². The molecule has 1 N–H and O–H groups in total. The van der Waals surface area contributed by atoms with E-state index in [2.05, 4.69) is 26.0 Å². The van der Waals surface area contributed by atoms with Gasteiger partial charge in [0.15, 0.2) is 0 Å². The molecule has 0 bridgehead atoms. The molecule has 76 valence electrons. The van der Waals surface area contributed by atoms with Crippen molar-refractivity contribution in [2.75, 3.05) is 7.11 Å². The number of rotatable bonds is 4. The molecule has 0 aromatic rings. The summed E-state index contributed by atoms with van der Waals surface area (Å²) in [7, 11) is 1.29. The van der Waals surface area contributed by atoms with Crippen LogP contribution in [-0.2, 0) is 14.3 Å². The Balaban J connectivity index is 3.98. The van der Waals surface area contributed by atoms with Crippen LogP contribution in [0.15, 0.2) is 0 Å². The molecule has 0 aromatic carbocycles. The van der Waals surface area contributed by atoms with E-state index in [0.29, 0.717) is 6.42 Å². The minimum absolute atomic E-state index is 0.194. The number of carbonyl (C=O) groups is 2. The van der Waals surface area contributed by atoms with Crippen LogP contribution in [0.1, 0.15) is 20.3 Å². The van der Waals surface area contributed by atoms with Crippen LogP contribution >= 0.6 is 15.9 Å². The van der Waals surface area contributed by atoms with Crippen LogP contribution < -0.4 is 5.32 Å². The molecule has 0 aliphatic carbocycles. The van der Waals surface area contributed by atoms with E-state index in [1.54, 1.807) is 6.92 Å². The topological polar surface area (TPSA) is 55.4 Å². The summed E-state index contributed by atoms with van der Waals surface area (Å²) in [5.41, 5.74) is 0. The van der Waals surface area contributed by atoms with Crippen LogP contribution in [0.2, 0.25) is 0 Å². The van der Waals surface area contributed by atoms with Crippen molar-refractivity contribution in [3.63, 3.8) is 0 Å². The number of halogens is 1. The fourth-order valence-corrected chi connectivity index (χ4v) is 0.857. The minimum atomic E-state index is -0.593. The average Bonchev–Trinajstić information content (AvgIpc) is 2.14. The predicted octanol–water partition coefficient (Wildman–Crippen LogP) is 0.838. The number of alkyl halides is 1. The molecular formula is C8H14BrNO3. The Morgan fingerprint density at radius 2 is 2.08 bits per heavy atom. The third-order valence-corrected chi connectivity index (χ3v) is 2.62. The van der Waals surface area contributed by atoms with E-state index in [-0.39, 0.29) is 10.7 Å². The van der Waals surface area contributed by atoms with Crippen molar-refractivity contribution in [2.24, 2.45) is 0 Å². The van der Waals surface area contributed by atoms with Crippen LogP contribution in [0, 0.1) is 0 Å². The zero-order chi connectivity index (χ0) is 10.4. The van der Waals surface area contributed by atoms with Gasteiger partial charge in [-0.15, -0.1) is 0 Å². The van der Waals surface area contributed by atoms with Gasteiger partial charge in [-0.3, -0.25) is 4.79 Å². The van der Waals surface area contributed by atoms with Gasteiger partial charge in [0.2, 0.25) is 5.91 Å². The van der Waals surface area contributed by atoms with Crippen molar-refractivity contribution < 1.29 is 14.3 Å². The van der Waals surface area contributed by atoms with Crippen molar-refractivity contribution >= 4 is 27.8 Å². The standard InChI is InChI=1S/C8H14BrNO3/c1-4-6(9)7(11)10-5(2)8(12)13-3/h5-6H,4H2,1-3H3,(H,10,11)/t5-,6-/m1/s1. The second-order valence-corrected chi connectivity index (χ2v) is 3.73. The summed E-state index contributed by atoms with van der Waals surface area (Å²) >= 11 is 3.18. The molecule has 0 aliphatic heterocycles. The zero-order valence-corrected chi connectivity index (χ0v) is 9.55. The van der Waals surface area contributed by atoms with Crippen molar-refractivity contribution in [1.82, 2.24) is 5.32 Å². The fraction of sp³-hybridized carbons (Fsp3) is 0.750. The van der Waals surface area contributed by atoms with E-state index in [4.69, 9.17) is 0 Å². The maximum absolute atomic E-state index is 11.2. The van der Waals surface area contributed by atoms with E-state index in [1.165, 1.54) is 7.11 Å². The summed E-state index contributed by atoms with van der Waals surface area (Å²) in [5.74, 6) is -0.635. The van der Waals surface area contributed by atoms with E-state index in [9.17, 15) is 9.59 Å². The van der Waals surface area contributed by atoms with Gasteiger partial charge in [-0.2, -0.15) is 0 Å². The Kier molecular flexibility index (Phi) is 5.70. The number of hydrogen-bond donors (Lipinski definition) is 1. The molecular weight excluding hydrogens is 238 g/mol. The summed E-state index contributed by atoms with van der Waals surface area (Å²) in [6.45, 7) is 3.46. The van der Waals surface area contributed by atoms with Crippen molar-refractivity contribution in [1.29, 1.82) is 0 Å². The van der Waals surface area contributed by atoms with Gasteiger partial charge in [-0.25, -0.2) is 4.79 Å². The van der Waals surface area contributed by atoms with Crippen LogP contribution in [-0.4, -0.2) is 29.9 Å². The van der Waals surface area contributed by atoms with Crippen molar-refractivity contribution in [2.45, 2.75) is 31.1 Å². The minimum Gasteiger partial charge on any atom is -0.467 e. The zero-order valence-electron chi connectivity index (χ0n) is 7.96. The lowest BCUT2D eigenvalue weighted by Crippen LogP contribution is -2.42. The first-order valence-electron chi connectivity index (χ1n) is 4.05. The molecule has 5 heteroatoms. The first-order valence-corrected chi connectivity index (χ1v) is 4.96. The van der Waals surface area contributed by atoms with Gasteiger partial charge in [-0.1, -0.05) is 22.9 Å². The molecule has 0 fully saturated rings. The molecule has 0 radical (unpaired) electrons. The van der Waals surface area contributed by atoms with Gasteiger partial charge in [0, 0.05) is 0 Å². The maximum Gasteiger partial charge on any atom is 0.328 e. The molecule has 4 nitrogen and oxygen atoms in total. The van der Waals surface area contributed by atoms with E-state index in [1.807, 2.05) is 6.92 Å². The molecule has 0 unspecified atom stereocenters. The molecule has 0 aliphatic rings. The number of hydrogen-bond acceptors (Lipinski definition) is 3. The average molecular weight is 252 g/mol. The number of nitrogens with one attached hydrogen (secondary N) is 1. The SMILES string of the molecule is CC[C@@H](Br)C(=O)N[C@H](C)C(=O)OC. The largest absolute Gasteiger partial charge is 0.467 e. The molecule has 2 atom stereocenters. The Morgan fingerprint density at radius 1 is 1.54 bits per heavy atom. The highest BCUT2D eigenvalue weighted by atomic mass is 79.9. The second kappa shape index (κ2) is 5.96. The highest BCUT2D eigenvalue weighted by molar-refractivity contribution is 9.10. The number of ether oxygens (including phenoxy) is 1. The van der Waals surface area contributed by atoms with Crippen LogP contribution in [0.5, 0.6) is 0 Å². The highest BCUT2D eigenvalue weighted by Crippen LogP contribution is 2.04. The maximum atomic E-state index is 11.2. The highest BCUT2D eigenvalue weighted by Gasteiger charge is 2.19. The summed E-state index contributed by atoms with van der Waals surface area (Å²) in [4.78, 5) is 21.9. The normalized spacial score (nSPS) is 14.5. The third kappa shape index (κ3) is 4.26. The van der Waals surface area contributed by atoms with E-state index >= 15 is 0 Å². The lowest BCUT2D eigenvalue weighted by molar-refractivity contribution is -0.144. The summed E-state index contributed by atoms with van der Waals surface area (Å²) < 4.78 is 4.46. The van der Waals surface area contributed by atoms with Crippen LogP contribution in [0.4, 0.5) is 0 Å². The Labute approximate surface area is 86.1 Å². The molecule has 1 amide bonds. The van der Waals surface area contributed by atoms with Crippen molar-refractivity contribution in [3.05, 3.63) is 0 Å². The molecule has 0 spiro atoms. The van der Waals surface area contributed by atoms with Gasteiger partial charge in [0.05, 0.1) is 11.9 Å². The van der Waals surface area contributed by atoms with Gasteiger partial charge < -0.3 is 10.1 Å². The first kappa shape index (κ1) is 12.4. The first-order chi connectivity index (χ1) is 6.02. The molecule has 0 saturated heterocycles. The summed E-state index contributed by atoms with van der Waals surface area (Å²) in [6.07, 6.45) is 0.680. The van der Waals surface area contributed by atoms with Gasteiger partial charge >= 0.3 is 5.97 Å². The van der Waals surface area contributed by atoms with Crippen LogP contribution in [0.25, 0.3) is 0 Å². The molecule has 0 rings (SSSR count). The Hall–Kier alpha value is -0.580. The summed E-state index contributed by atoms with van der Waals surface area (Å²) in [5, 5.41) is 2.52. The monoisotopic (exact) mass is 251 g/mol. The predicted molar refractivity (Wildman–Crippen MR) is 52.6 cm³/mol. The Bertz CT molecular complexity index is 196. The second-order valence-electron chi connectivity index (χ2n) is 2.63. The molecule has 0 saturated carbocycles. The van der Waals surface area contributed by atoms with E-state index < -0.39 is 12.0 Å². The molecule has 13 heavy (non-hydrogen) atoms. The van der Waals surface area contributed by atoms with E-state index in [0.717, 1.165) is 0 Å². The lowest BCUT2D eigenvalue weighted by Gasteiger charge is -2.13. The van der Waals surface area contributed by atoms with Gasteiger partial charge in [0.1, 0.15) is 6.04 Å². The molecule has 0 aromatic heterocycles.